The summed E-state index contributed by atoms with van der Waals surface area (Å²) in [6.07, 6.45) is 10.4. The smallest absolute Gasteiger partial charge is 0.183 e. The van der Waals surface area contributed by atoms with Gasteiger partial charge in [0.1, 0.15) is 6.04 Å². The van der Waals surface area contributed by atoms with Crippen molar-refractivity contribution in [2.75, 3.05) is 13.2 Å². The van der Waals surface area contributed by atoms with E-state index in [-0.39, 0.29) is 22.3 Å². The van der Waals surface area contributed by atoms with Crippen LogP contribution in [0, 0.1) is 5.92 Å². The molecule has 1 atom stereocenters. The molecule has 0 radical (unpaired) electrons. The molecular weight excluding hydrogens is 430 g/mol. The Morgan fingerprint density at radius 1 is 1.19 bits per heavy atom. The van der Waals surface area contributed by atoms with Gasteiger partial charge in [0.2, 0.25) is 0 Å². The summed E-state index contributed by atoms with van der Waals surface area (Å²) in [5, 5.41) is 9.07. The third kappa shape index (κ3) is 4.09. The maximum absolute atomic E-state index is 13.5. The highest BCUT2D eigenvalue weighted by Gasteiger charge is 2.38. The van der Waals surface area contributed by atoms with Crippen LogP contribution in [0.5, 0.6) is 0 Å². The monoisotopic (exact) mass is 457 g/mol. The van der Waals surface area contributed by atoms with Crippen LogP contribution < -0.4 is 0 Å². The van der Waals surface area contributed by atoms with Gasteiger partial charge < -0.3 is 4.74 Å². The average Bonchev–Trinajstić information content (AvgIpc) is 3.46. The van der Waals surface area contributed by atoms with Crippen molar-refractivity contribution in [3.05, 3.63) is 36.5 Å². The summed E-state index contributed by atoms with van der Waals surface area (Å²) in [5.41, 5.74) is 1.29. The van der Waals surface area contributed by atoms with E-state index in [9.17, 15) is 13.2 Å². The molecule has 4 heterocycles. The van der Waals surface area contributed by atoms with Gasteiger partial charge in [-0.2, -0.15) is 10.2 Å². The number of ketones is 1. The largest absolute Gasteiger partial charge is 0.381 e. The number of carbonyl (C=O) groups excluding carboxylic acids is 1. The molecule has 0 unspecified atom stereocenters. The minimum atomic E-state index is -3.43. The molecule has 170 valence electrons. The van der Waals surface area contributed by atoms with Crippen molar-refractivity contribution in [3.63, 3.8) is 0 Å². The van der Waals surface area contributed by atoms with Gasteiger partial charge in [-0.1, -0.05) is 0 Å². The summed E-state index contributed by atoms with van der Waals surface area (Å²) in [6, 6.07) is 1.32. The molecule has 2 aliphatic rings. The van der Waals surface area contributed by atoms with Gasteiger partial charge in [-0.05, 0) is 44.1 Å². The van der Waals surface area contributed by atoms with Crippen LogP contribution in [0.15, 0.2) is 35.7 Å². The molecular formula is C22H27N5O4S. The predicted octanol–water partition coefficient (Wildman–Crippen LogP) is 2.27. The molecule has 0 N–H and O–H groups in total. The van der Waals surface area contributed by atoms with Gasteiger partial charge in [0.05, 0.1) is 40.2 Å². The number of hydrogen-bond acceptors (Lipinski definition) is 7. The van der Waals surface area contributed by atoms with Gasteiger partial charge in [-0.3, -0.25) is 19.1 Å². The fourth-order valence-electron chi connectivity index (χ4n) is 4.49. The number of aryl methyl sites for hydroxylation is 1. The fraction of sp³-hybridized carbons (Fsp3) is 0.545. The number of aromatic nitrogens is 5. The van der Waals surface area contributed by atoms with E-state index in [1.54, 1.807) is 21.8 Å². The molecule has 3 aromatic rings. The quantitative estimate of drug-likeness (QED) is 0.510. The van der Waals surface area contributed by atoms with Crippen LogP contribution in [0.25, 0.3) is 10.9 Å². The van der Waals surface area contributed by atoms with Gasteiger partial charge >= 0.3 is 0 Å². The van der Waals surface area contributed by atoms with Crippen molar-refractivity contribution < 1.29 is 17.9 Å². The summed E-state index contributed by atoms with van der Waals surface area (Å²) in [5.74, 6) is 0.350. The number of rotatable bonds is 8. The van der Waals surface area contributed by atoms with E-state index in [0.717, 1.165) is 12.8 Å². The van der Waals surface area contributed by atoms with Gasteiger partial charge in [0.15, 0.2) is 15.6 Å². The summed E-state index contributed by atoms with van der Waals surface area (Å²) in [4.78, 5) is 17.9. The molecule has 3 aromatic heterocycles. The van der Waals surface area contributed by atoms with E-state index in [0.29, 0.717) is 55.0 Å². The number of nitrogens with zero attached hydrogens (tertiary/aromatic N) is 5. The Morgan fingerprint density at radius 2 is 1.97 bits per heavy atom. The van der Waals surface area contributed by atoms with E-state index in [1.807, 2.05) is 19.3 Å². The van der Waals surface area contributed by atoms with Crippen molar-refractivity contribution in [1.82, 2.24) is 24.5 Å². The van der Waals surface area contributed by atoms with Crippen molar-refractivity contribution in [1.29, 1.82) is 0 Å². The predicted molar refractivity (Wildman–Crippen MR) is 117 cm³/mol. The van der Waals surface area contributed by atoms with Crippen LogP contribution in [0.1, 0.15) is 43.8 Å². The molecule has 5 rings (SSSR count). The van der Waals surface area contributed by atoms with Crippen molar-refractivity contribution in [3.8, 4) is 0 Å². The molecule has 1 saturated carbocycles. The zero-order chi connectivity index (χ0) is 22.3. The minimum Gasteiger partial charge on any atom is -0.381 e. The third-order valence-electron chi connectivity index (χ3n) is 6.45. The van der Waals surface area contributed by atoms with E-state index >= 15 is 0 Å². The standard InChI is InChI=1S/C22H27N5O4S/c1-26-7-4-16(25-26)11-21(28)19(10-15-5-8-31-9-6-15)27-20-13-23-14-22(18(20)12-24-27)32(29,30)17-2-3-17/h4,7,12-15,17,19H,2-3,5-6,8-11H2,1H3/t19-/m1/s1. The molecule has 1 aliphatic heterocycles. The van der Waals surface area contributed by atoms with Gasteiger partial charge in [-0.15, -0.1) is 0 Å². The molecule has 9 nitrogen and oxygen atoms in total. The Bertz CT molecular complexity index is 1240. The number of carbonyl (C=O) groups is 1. The van der Waals surface area contributed by atoms with Gasteiger partial charge in [0.25, 0.3) is 0 Å². The second-order valence-corrected chi connectivity index (χ2v) is 11.0. The van der Waals surface area contributed by atoms with Gasteiger partial charge in [0, 0.05) is 38.0 Å². The first-order valence-electron chi connectivity index (χ1n) is 11.1. The van der Waals surface area contributed by atoms with Crippen molar-refractivity contribution in [2.24, 2.45) is 13.0 Å². The number of ether oxygens (including phenoxy) is 1. The molecule has 0 aromatic carbocycles. The Morgan fingerprint density at radius 3 is 2.66 bits per heavy atom. The average molecular weight is 458 g/mol. The van der Waals surface area contributed by atoms with Crippen molar-refractivity contribution in [2.45, 2.75) is 54.7 Å². The van der Waals surface area contributed by atoms with Crippen molar-refractivity contribution >= 4 is 26.5 Å². The molecule has 1 saturated heterocycles. The number of pyridine rings is 1. The summed E-state index contributed by atoms with van der Waals surface area (Å²) >= 11 is 0. The lowest BCUT2D eigenvalue weighted by Crippen LogP contribution is -2.27. The molecule has 0 bridgehead atoms. The summed E-state index contributed by atoms with van der Waals surface area (Å²) in [6.45, 7) is 1.38. The summed E-state index contributed by atoms with van der Waals surface area (Å²) in [7, 11) is -1.61. The van der Waals surface area contributed by atoms with Crippen LogP contribution in [0.4, 0.5) is 0 Å². The third-order valence-corrected chi connectivity index (χ3v) is 8.73. The number of hydrogen-bond donors (Lipinski definition) is 0. The van der Waals surface area contributed by atoms with E-state index < -0.39 is 15.9 Å². The van der Waals surface area contributed by atoms with E-state index in [2.05, 4.69) is 15.2 Å². The lowest BCUT2D eigenvalue weighted by atomic mass is 9.90. The number of sulfone groups is 1. The van der Waals surface area contributed by atoms with Crippen LogP contribution >= 0.6 is 0 Å². The molecule has 2 fully saturated rings. The van der Waals surface area contributed by atoms with E-state index in [4.69, 9.17) is 4.74 Å². The second-order valence-electron chi connectivity index (χ2n) is 8.84. The molecule has 1 aliphatic carbocycles. The Kier molecular flexibility index (Phi) is 5.58. The van der Waals surface area contributed by atoms with Crippen LogP contribution in [-0.4, -0.2) is 57.2 Å². The molecule has 32 heavy (non-hydrogen) atoms. The topological polar surface area (TPSA) is 109 Å². The molecule has 0 spiro atoms. The number of fused-ring (bicyclic) bond motifs is 1. The highest BCUT2D eigenvalue weighted by molar-refractivity contribution is 7.92. The SMILES string of the molecule is Cn1ccc(CC(=O)[C@@H](CC2CCOCC2)n2ncc3c(S(=O)(=O)C4CC4)cncc32)n1. The molecule has 10 heteroatoms. The highest BCUT2D eigenvalue weighted by Crippen LogP contribution is 2.37. The highest BCUT2D eigenvalue weighted by atomic mass is 32.2. The van der Waals surface area contributed by atoms with Gasteiger partial charge in [-0.25, -0.2) is 8.42 Å². The Hall–Kier alpha value is -2.59. The lowest BCUT2D eigenvalue weighted by molar-refractivity contribution is -0.122. The first-order chi connectivity index (χ1) is 15.4. The maximum atomic E-state index is 13.5. The minimum absolute atomic E-state index is 0.00986. The maximum Gasteiger partial charge on any atom is 0.183 e. The first-order valence-corrected chi connectivity index (χ1v) is 12.6. The normalized spacial score (nSPS) is 18.8. The zero-order valence-corrected chi connectivity index (χ0v) is 18.9. The zero-order valence-electron chi connectivity index (χ0n) is 18.1. The van der Waals surface area contributed by atoms with E-state index in [1.165, 1.54) is 6.20 Å². The second kappa shape index (κ2) is 8.40. The molecule has 0 amide bonds. The summed E-state index contributed by atoms with van der Waals surface area (Å²) < 4.78 is 34.7. The Balaban J connectivity index is 1.52. The van der Waals surface area contributed by atoms with Crippen LogP contribution in [0.2, 0.25) is 0 Å². The van der Waals surface area contributed by atoms with Crippen LogP contribution in [0.3, 0.4) is 0 Å². The number of Topliss-reactive ketones (excluding diaryl/α,β-unsaturated/α-hetero) is 1. The Labute approximate surface area is 186 Å². The first kappa shape index (κ1) is 21.3. The lowest BCUT2D eigenvalue weighted by Gasteiger charge is -2.26. The van der Waals surface area contributed by atoms with Crippen LogP contribution in [-0.2, 0) is 32.8 Å². The fourth-order valence-corrected chi connectivity index (χ4v) is 6.28.